The highest BCUT2D eigenvalue weighted by Gasteiger charge is 2.19. The molecule has 1 aromatic carbocycles. The number of carbonyl (C=O) groups excluding carboxylic acids is 2. The van der Waals surface area contributed by atoms with Gasteiger partial charge in [0.05, 0.1) is 23.7 Å². The number of aromatic amines is 1. The molecule has 4 rings (SSSR count). The second-order valence-corrected chi connectivity index (χ2v) is 6.59. The van der Waals surface area contributed by atoms with Gasteiger partial charge in [0.25, 0.3) is 11.7 Å². The fraction of sp³-hybridized carbons (Fsp3) is 0.250. The van der Waals surface area contributed by atoms with Crippen LogP contribution in [0.1, 0.15) is 23.7 Å². The largest absolute Gasteiger partial charge is 0.369 e. The maximum atomic E-state index is 12.5. The summed E-state index contributed by atoms with van der Waals surface area (Å²) in [5.74, 6) is -0.478. The minimum atomic E-state index is -0.647. The minimum absolute atomic E-state index is 0.255. The standard InChI is InChI=1S/C20H21N7O2/c1-2-7-21-18-15-11-26-27(19(15)25-12-24-18)9-8-22-20(29)17(28)14-10-23-16-6-4-3-5-13(14)16/h3-6,10-12,23H,2,7-9H2,1H3,(H,22,29)(H,21,24,25). The van der Waals surface area contributed by atoms with Crippen LogP contribution in [0.5, 0.6) is 0 Å². The number of ketones is 1. The summed E-state index contributed by atoms with van der Waals surface area (Å²) in [7, 11) is 0. The predicted octanol–water partition coefficient (Wildman–Crippen LogP) is 2.13. The molecule has 0 radical (unpaired) electrons. The van der Waals surface area contributed by atoms with Gasteiger partial charge in [-0.2, -0.15) is 5.10 Å². The van der Waals surface area contributed by atoms with Gasteiger partial charge in [-0.3, -0.25) is 9.59 Å². The van der Waals surface area contributed by atoms with Crippen molar-refractivity contribution in [3.63, 3.8) is 0 Å². The molecule has 3 heterocycles. The highest BCUT2D eigenvalue weighted by atomic mass is 16.2. The Balaban J connectivity index is 1.41. The summed E-state index contributed by atoms with van der Waals surface area (Å²) in [5.41, 5.74) is 1.86. The first-order chi connectivity index (χ1) is 14.2. The molecule has 0 atom stereocenters. The Morgan fingerprint density at radius 3 is 2.86 bits per heavy atom. The van der Waals surface area contributed by atoms with E-state index in [1.165, 1.54) is 6.33 Å². The molecule has 0 spiro atoms. The molecule has 9 heteroatoms. The predicted molar refractivity (Wildman–Crippen MR) is 110 cm³/mol. The number of aromatic nitrogens is 5. The highest BCUT2D eigenvalue weighted by Crippen LogP contribution is 2.19. The molecule has 0 aliphatic carbocycles. The summed E-state index contributed by atoms with van der Waals surface area (Å²) in [6.45, 7) is 3.53. The number of carbonyl (C=O) groups is 2. The molecule has 29 heavy (non-hydrogen) atoms. The molecule has 0 saturated heterocycles. The van der Waals surface area contributed by atoms with Gasteiger partial charge in [0.2, 0.25) is 0 Å². The summed E-state index contributed by atoms with van der Waals surface area (Å²) in [6, 6.07) is 7.37. The number of nitrogens with zero attached hydrogens (tertiary/aromatic N) is 4. The number of rotatable bonds is 8. The Morgan fingerprint density at radius 1 is 1.14 bits per heavy atom. The van der Waals surface area contributed by atoms with E-state index in [0.29, 0.717) is 17.8 Å². The maximum Gasteiger partial charge on any atom is 0.292 e. The van der Waals surface area contributed by atoms with Crippen molar-refractivity contribution < 1.29 is 9.59 Å². The number of H-pyrrole nitrogens is 1. The number of hydrogen-bond donors (Lipinski definition) is 3. The van der Waals surface area contributed by atoms with Gasteiger partial charge in [-0.05, 0) is 12.5 Å². The van der Waals surface area contributed by atoms with E-state index in [1.54, 1.807) is 17.1 Å². The Kier molecular flexibility index (Phi) is 5.19. The Bertz CT molecular complexity index is 1180. The summed E-state index contributed by atoms with van der Waals surface area (Å²) in [6.07, 6.45) is 5.73. The third kappa shape index (κ3) is 3.66. The van der Waals surface area contributed by atoms with Crippen molar-refractivity contribution in [1.82, 2.24) is 30.0 Å². The SMILES string of the molecule is CCCNc1ncnc2c1cnn2CCNC(=O)C(=O)c1c[nH]c2ccccc12. The van der Waals surface area contributed by atoms with Crippen LogP contribution < -0.4 is 10.6 Å². The number of amides is 1. The molecule has 4 aromatic rings. The van der Waals surface area contributed by atoms with Gasteiger partial charge in [0.15, 0.2) is 5.65 Å². The van der Waals surface area contributed by atoms with Crippen LogP contribution in [0.2, 0.25) is 0 Å². The zero-order valence-electron chi connectivity index (χ0n) is 16.0. The van der Waals surface area contributed by atoms with Crippen molar-refractivity contribution in [1.29, 1.82) is 0 Å². The Labute approximate surface area is 166 Å². The molecular formula is C20H21N7O2. The molecule has 0 unspecified atom stereocenters. The molecule has 0 aliphatic heterocycles. The average Bonchev–Trinajstić information content (AvgIpc) is 3.36. The van der Waals surface area contributed by atoms with Crippen LogP contribution in [-0.4, -0.2) is 49.5 Å². The Morgan fingerprint density at radius 2 is 2.00 bits per heavy atom. The summed E-state index contributed by atoms with van der Waals surface area (Å²) in [5, 5.41) is 11.8. The van der Waals surface area contributed by atoms with Gasteiger partial charge < -0.3 is 15.6 Å². The lowest BCUT2D eigenvalue weighted by molar-refractivity contribution is -0.117. The van der Waals surface area contributed by atoms with Gasteiger partial charge in [0, 0.05) is 30.2 Å². The second kappa shape index (κ2) is 8.09. The van der Waals surface area contributed by atoms with Crippen molar-refractivity contribution in [2.45, 2.75) is 19.9 Å². The van der Waals surface area contributed by atoms with Crippen LogP contribution in [0.15, 0.2) is 43.0 Å². The van der Waals surface area contributed by atoms with E-state index in [4.69, 9.17) is 0 Å². The lowest BCUT2D eigenvalue weighted by Gasteiger charge is -2.07. The molecule has 0 fully saturated rings. The van der Waals surface area contributed by atoms with Crippen molar-refractivity contribution >= 4 is 39.4 Å². The monoisotopic (exact) mass is 391 g/mol. The molecule has 0 saturated carbocycles. The van der Waals surface area contributed by atoms with E-state index in [0.717, 1.165) is 35.1 Å². The molecule has 3 N–H and O–H groups in total. The lowest BCUT2D eigenvalue weighted by atomic mass is 10.1. The number of Topliss-reactive ketones (excluding diaryl/α,β-unsaturated/α-hetero) is 1. The third-order valence-corrected chi connectivity index (χ3v) is 4.63. The molecule has 0 aliphatic rings. The topological polar surface area (TPSA) is 118 Å². The molecule has 1 amide bonds. The smallest absolute Gasteiger partial charge is 0.292 e. The number of benzene rings is 1. The van der Waals surface area contributed by atoms with Crippen LogP contribution in [0, 0.1) is 0 Å². The number of nitrogens with one attached hydrogen (secondary N) is 3. The third-order valence-electron chi connectivity index (χ3n) is 4.63. The van der Waals surface area contributed by atoms with Gasteiger partial charge in [-0.15, -0.1) is 0 Å². The minimum Gasteiger partial charge on any atom is -0.369 e. The summed E-state index contributed by atoms with van der Waals surface area (Å²) in [4.78, 5) is 36.3. The summed E-state index contributed by atoms with van der Waals surface area (Å²) < 4.78 is 1.69. The van der Waals surface area contributed by atoms with Crippen LogP contribution in [-0.2, 0) is 11.3 Å². The molecule has 9 nitrogen and oxygen atoms in total. The molecule has 148 valence electrons. The van der Waals surface area contributed by atoms with E-state index in [1.807, 2.05) is 24.3 Å². The number of para-hydroxylation sites is 1. The quantitative estimate of drug-likeness (QED) is 0.313. The van der Waals surface area contributed by atoms with Gasteiger partial charge >= 0.3 is 0 Å². The van der Waals surface area contributed by atoms with Crippen LogP contribution in [0.25, 0.3) is 21.9 Å². The van der Waals surface area contributed by atoms with Crippen molar-refractivity contribution in [3.8, 4) is 0 Å². The van der Waals surface area contributed by atoms with Crippen LogP contribution in [0.3, 0.4) is 0 Å². The first kappa shape index (κ1) is 18.6. The number of fused-ring (bicyclic) bond motifs is 2. The van der Waals surface area contributed by atoms with Crippen molar-refractivity contribution in [2.75, 3.05) is 18.4 Å². The van der Waals surface area contributed by atoms with Crippen molar-refractivity contribution in [2.24, 2.45) is 0 Å². The van der Waals surface area contributed by atoms with E-state index in [9.17, 15) is 9.59 Å². The highest BCUT2D eigenvalue weighted by molar-refractivity contribution is 6.44. The zero-order chi connectivity index (χ0) is 20.2. The fourth-order valence-corrected chi connectivity index (χ4v) is 3.18. The fourth-order valence-electron chi connectivity index (χ4n) is 3.18. The van der Waals surface area contributed by atoms with Gasteiger partial charge in [-0.1, -0.05) is 25.1 Å². The number of hydrogen-bond acceptors (Lipinski definition) is 6. The van der Waals surface area contributed by atoms with Crippen molar-refractivity contribution in [3.05, 3.63) is 48.5 Å². The van der Waals surface area contributed by atoms with E-state index in [2.05, 4.69) is 37.6 Å². The van der Waals surface area contributed by atoms with Gasteiger partial charge in [0.1, 0.15) is 12.1 Å². The first-order valence-electron chi connectivity index (χ1n) is 9.48. The van der Waals surface area contributed by atoms with Crippen LogP contribution >= 0.6 is 0 Å². The normalized spacial score (nSPS) is 11.1. The first-order valence-corrected chi connectivity index (χ1v) is 9.48. The molecule has 0 bridgehead atoms. The van der Waals surface area contributed by atoms with Crippen LogP contribution in [0.4, 0.5) is 5.82 Å². The van der Waals surface area contributed by atoms with E-state index in [-0.39, 0.29) is 6.54 Å². The maximum absolute atomic E-state index is 12.5. The summed E-state index contributed by atoms with van der Waals surface area (Å²) >= 11 is 0. The van der Waals surface area contributed by atoms with Gasteiger partial charge in [-0.25, -0.2) is 14.6 Å². The molecule has 3 aromatic heterocycles. The van der Waals surface area contributed by atoms with E-state index >= 15 is 0 Å². The second-order valence-electron chi connectivity index (χ2n) is 6.59. The Hall–Kier alpha value is -3.75. The number of anilines is 1. The zero-order valence-corrected chi connectivity index (χ0v) is 16.0. The molecular weight excluding hydrogens is 370 g/mol. The average molecular weight is 391 g/mol. The lowest BCUT2D eigenvalue weighted by Crippen LogP contribution is -2.33. The van der Waals surface area contributed by atoms with E-state index < -0.39 is 11.7 Å².